The normalized spacial score (nSPS) is 15.4. The molecule has 1 heterocycles. The minimum atomic E-state index is -0.252. The monoisotopic (exact) mass is 346 g/mol. The first-order valence-electron chi connectivity index (χ1n) is 9.26. The van der Waals surface area contributed by atoms with Crippen molar-refractivity contribution in [1.82, 2.24) is 9.80 Å². The third-order valence-electron chi connectivity index (χ3n) is 4.94. The lowest BCUT2D eigenvalue weighted by Gasteiger charge is -2.32. The molecule has 134 valence electrons. The number of likely N-dealkylation sites (tertiary alicyclic amines) is 1. The van der Waals surface area contributed by atoms with Crippen molar-refractivity contribution in [2.24, 2.45) is 0 Å². The number of terminal acetylenes is 1. The zero-order valence-electron chi connectivity index (χ0n) is 15.4. The predicted molar refractivity (Wildman–Crippen MR) is 105 cm³/mol. The lowest BCUT2D eigenvalue weighted by Crippen LogP contribution is -2.42. The molecule has 0 aliphatic carbocycles. The van der Waals surface area contributed by atoms with Gasteiger partial charge in [-0.25, -0.2) is 0 Å². The summed E-state index contributed by atoms with van der Waals surface area (Å²) >= 11 is 0. The van der Waals surface area contributed by atoms with Gasteiger partial charge in [0.25, 0.3) is 0 Å². The van der Waals surface area contributed by atoms with Crippen LogP contribution in [0.3, 0.4) is 0 Å². The third-order valence-corrected chi connectivity index (χ3v) is 4.94. The van der Waals surface area contributed by atoms with Gasteiger partial charge in [-0.3, -0.25) is 9.69 Å². The van der Waals surface area contributed by atoms with Crippen LogP contribution in [0.25, 0.3) is 0 Å². The van der Waals surface area contributed by atoms with E-state index in [1.165, 1.54) is 5.56 Å². The first-order chi connectivity index (χ1) is 12.7. The Morgan fingerprint density at radius 1 is 1.12 bits per heavy atom. The van der Waals surface area contributed by atoms with Crippen LogP contribution < -0.4 is 0 Å². The molecule has 0 bridgehead atoms. The van der Waals surface area contributed by atoms with Crippen molar-refractivity contribution in [3.8, 4) is 12.3 Å². The van der Waals surface area contributed by atoms with Crippen molar-refractivity contribution in [3.63, 3.8) is 0 Å². The van der Waals surface area contributed by atoms with Crippen LogP contribution in [0.2, 0.25) is 0 Å². The molecule has 26 heavy (non-hydrogen) atoms. The van der Waals surface area contributed by atoms with Gasteiger partial charge in [0.15, 0.2) is 0 Å². The van der Waals surface area contributed by atoms with Crippen LogP contribution in [0.15, 0.2) is 54.6 Å². The highest BCUT2D eigenvalue weighted by atomic mass is 16.2. The number of hydrogen-bond donors (Lipinski definition) is 0. The molecule has 0 spiro atoms. The van der Waals surface area contributed by atoms with Gasteiger partial charge in [-0.1, -0.05) is 66.1 Å². The Morgan fingerprint density at radius 3 is 2.38 bits per heavy atom. The van der Waals surface area contributed by atoms with E-state index >= 15 is 0 Å². The van der Waals surface area contributed by atoms with Crippen LogP contribution in [0.5, 0.6) is 0 Å². The van der Waals surface area contributed by atoms with E-state index in [0.29, 0.717) is 13.1 Å². The molecule has 3 heteroatoms. The van der Waals surface area contributed by atoms with Crippen LogP contribution in [0.1, 0.15) is 35.6 Å². The molecule has 0 saturated carbocycles. The van der Waals surface area contributed by atoms with Gasteiger partial charge in [-0.2, -0.15) is 0 Å². The molecule has 1 fully saturated rings. The van der Waals surface area contributed by atoms with Crippen molar-refractivity contribution >= 4 is 5.91 Å². The standard InChI is InChI=1S/C23H26N2O/c1-3-15-25(18-20-13-11-19(2)12-14-20)23(26)22(24-16-7-8-17-24)21-9-5-4-6-10-21/h1,4-6,9-14,22H,7-8,15-18H2,2H3. The second kappa shape index (κ2) is 8.69. The summed E-state index contributed by atoms with van der Waals surface area (Å²) in [4.78, 5) is 17.6. The van der Waals surface area contributed by atoms with E-state index in [9.17, 15) is 4.79 Å². The summed E-state index contributed by atoms with van der Waals surface area (Å²) in [5.74, 6) is 2.76. The quantitative estimate of drug-likeness (QED) is 0.743. The summed E-state index contributed by atoms with van der Waals surface area (Å²) in [6, 6.07) is 18.1. The molecule has 1 atom stereocenters. The van der Waals surface area contributed by atoms with Crippen LogP contribution in [0, 0.1) is 19.3 Å². The van der Waals surface area contributed by atoms with Gasteiger partial charge in [0.1, 0.15) is 6.04 Å². The van der Waals surface area contributed by atoms with E-state index in [4.69, 9.17) is 6.42 Å². The molecule has 3 rings (SSSR count). The Labute approximate surface area is 156 Å². The maximum absolute atomic E-state index is 13.5. The minimum absolute atomic E-state index is 0.0941. The number of nitrogens with zero attached hydrogens (tertiary/aromatic N) is 2. The predicted octanol–water partition coefficient (Wildman–Crippen LogP) is 3.79. The van der Waals surface area contributed by atoms with Gasteiger partial charge in [0.2, 0.25) is 5.91 Å². The zero-order valence-corrected chi connectivity index (χ0v) is 15.4. The van der Waals surface area contributed by atoms with Gasteiger partial charge in [0, 0.05) is 6.54 Å². The molecule has 1 unspecified atom stereocenters. The Hall–Kier alpha value is -2.57. The molecular formula is C23H26N2O. The topological polar surface area (TPSA) is 23.6 Å². The van der Waals surface area contributed by atoms with Crippen molar-refractivity contribution < 1.29 is 4.79 Å². The molecule has 0 radical (unpaired) electrons. The van der Waals surface area contributed by atoms with E-state index < -0.39 is 0 Å². The molecule has 1 aliphatic rings. The highest BCUT2D eigenvalue weighted by molar-refractivity contribution is 5.83. The first-order valence-corrected chi connectivity index (χ1v) is 9.26. The Bertz CT molecular complexity index is 755. The van der Waals surface area contributed by atoms with E-state index in [2.05, 4.69) is 42.0 Å². The molecule has 0 N–H and O–H groups in total. The molecular weight excluding hydrogens is 320 g/mol. The van der Waals surface area contributed by atoms with Gasteiger partial charge in [-0.15, -0.1) is 6.42 Å². The van der Waals surface area contributed by atoms with Crippen LogP contribution in [-0.2, 0) is 11.3 Å². The largest absolute Gasteiger partial charge is 0.326 e. The fraction of sp³-hybridized carbons (Fsp3) is 0.348. The summed E-state index contributed by atoms with van der Waals surface area (Å²) in [6.45, 7) is 4.84. The van der Waals surface area contributed by atoms with E-state index in [1.807, 2.05) is 30.3 Å². The molecule has 1 amide bonds. The SMILES string of the molecule is C#CCN(Cc1ccc(C)cc1)C(=O)C(c1ccccc1)N1CCCC1. The Kier molecular flexibility index (Phi) is 6.09. The van der Waals surface area contributed by atoms with Crippen molar-refractivity contribution in [3.05, 3.63) is 71.3 Å². The van der Waals surface area contributed by atoms with Crippen LogP contribution >= 0.6 is 0 Å². The van der Waals surface area contributed by atoms with E-state index in [-0.39, 0.29) is 11.9 Å². The average molecular weight is 346 g/mol. The molecule has 3 nitrogen and oxygen atoms in total. The lowest BCUT2D eigenvalue weighted by molar-refractivity contribution is -0.137. The Morgan fingerprint density at radius 2 is 1.77 bits per heavy atom. The maximum Gasteiger partial charge on any atom is 0.245 e. The second-order valence-corrected chi connectivity index (χ2v) is 6.94. The van der Waals surface area contributed by atoms with Crippen molar-refractivity contribution in [2.75, 3.05) is 19.6 Å². The second-order valence-electron chi connectivity index (χ2n) is 6.94. The number of carbonyl (C=O) groups is 1. The average Bonchev–Trinajstić information content (AvgIpc) is 3.18. The molecule has 2 aromatic carbocycles. The highest BCUT2D eigenvalue weighted by Crippen LogP contribution is 2.27. The number of aryl methyl sites for hydroxylation is 1. The molecule has 0 aromatic heterocycles. The number of amides is 1. The third kappa shape index (κ3) is 4.33. The fourth-order valence-corrected chi connectivity index (χ4v) is 3.55. The summed E-state index contributed by atoms with van der Waals surface area (Å²) in [5.41, 5.74) is 3.36. The number of carbonyl (C=O) groups excluding carboxylic acids is 1. The summed E-state index contributed by atoms with van der Waals surface area (Å²) in [5, 5.41) is 0. The summed E-state index contributed by atoms with van der Waals surface area (Å²) in [6.07, 6.45) is 7.86. The van der Waals surface area contributed by atoms with Gasteiger partial charge in [-0.05, 0) is 44.0 Å². The highest BCUT2D eigenvalue weighted by Gasteiger charge is 2.32. The van der Waals surface area contributed by atoms with Gasteiger partial charge < -0.3 is 4.90 Å². The van der Waals surface area contributed by atoms with Gasteiger partial charge >= 0.3 is 0 Å². The van der Waals surface area contributed by atoms with Crippen molar-refractivity contribution in [1.29, 1.82) is 0 Å². The maximum atomic E-state index is 13.5. The zero-order chi connectivity index (χ0) is 18.4. The fourth-order valence-electron chi connectivity index (χ4n) is 3.55. The molecule has 1 aliphatic heterocycles. The molecule has 1 saturated heterocycles. The van der Waals surface area contributed by atoms with Crippen LogP contribution in [0.4, 0.5) is 0 Å². The summed E-state index contributed by atoms with van der Waals surface area (Å²) < 4.78 is 0. The lowest BCUT2D eigenvalue weighted by atomic mass is 10.0. The number of rotatable bonds is 6. The molecule has 2 aromatic rings. The van der Waals surface area contributed by atoms with E-state index in [1.54, 1.807) is 4.90 Å². The van der Waals surface area contributed by atoms with E-state index in [0.717, 1.165) is 37.1 Å². The van der Waals surface area contributed by atoms with Gasteiger partial charge in [0.05, 0.1) is 6.54 Å². The minimum Gasteiger partial charge on any atom is -0.326 e. The van der Waals surface area contributed by atoms with Crippen molar-refractivity contribution in [2.45, 2.75) is 32.4 Å². The van der Waals surface area contributed by atoms with Crippen LogP contribution in [-0.4, -0.2) is 35.3 Å². The summed E-state index contributed by atoms with van der Waals surface area (Å²) in [7, 11) is 0. The first kappa shape index (κ1) is 18.2. The number of benzene rings is 2. The number of hydrogen-bond acceptors (Lipinski definition) is 2. The Balaban J connectivity index is 1.86. The smallest absolute Gasteiger partial charge is 0.245 e.